The lowest BCUT2D eigenvalue weighted by molar-refractivity contribution is -0.131. The molecule has 0 spiro atoms. The Balaban J connectivity index is 2.39. The minimum absolute atomic E-state index is 0.512. The Morgan fingerprint density at radius 3 is 2.71 bits per heavy atom. The van der Waals surface area contributed by atoms with E-state index in [1.807, 2.05) is 25.1 Å². The molecule has 0 bridgehead atoms. The molecule has 0 fully saturated rings. The van der Waals surface area contributed by atoms with Gasteiger partial charge in [0.1, 0.15) is 11.5 Å². The van der Waals surface area contributed by atoms with E-state index in [0.29, 0.717) is 22.1 Å². The molecule has 3 nitrogen and oxygen atoms in total. The minimum atomic E-state index is -1.03. The molecule has 0 atom stereocenters. The van der Waals surface area contributed by atoms with E-state index in [0.717, 1.165) is 16.1 Å². The van der Waals surface area contributed by atoms with Crippen molar-refractivity contribution in [1.82, 2.24) is 0 Å². The zero-order valence-corrected chi connectivity index (χ0v) is 13.5. The minimum Gasteiger partial charge on any atom is -0.478 e. The highest BCUT2D eigenvalue weighted by Crippen LogP contribution is 2.32. The van der Waals surface area contributed by atoms with E-state index in [2.05, 4.69) is 15.9 Å². The lowest BCUT2D eigenvalue weighted by atomic mass is 10.1. The third-order valence-electron chi connectivity index (χ3n) is 2.75. The first kappa shape index (κ1) is 15.6. The van der Waals surface area contributed by atoms with Crippen molar-refractivity contribution < 1.29 is 14.6 Å². The number of aliphatic carboxylic acids is 1. The Morgan fingerprint density at radius 1 is 1.24 bits per heavy atom. The molecule has 2 aromatic carbocycles. The second-order valence-electron chi connectivity index (χ2n) is 4.37. The van der Waals surface area contributed by atoms with Crippen LogP contribution >= 0.6 is 27.5 Å². The highest BCUT2D eigenvalue weighted by Gasteiger charge is 2.07. The molecule has 1 N–H and O–H groups in total. The maximum Gasteiger partial charge on any atom is 0.328 e. The van der Waals surface area contributed by atoms with Gasteiger partial charge >= 0.3 is 5.97 Å². The van der Waals surface area contributed by atoms with Gasteiger partial charge in [-0.1, -0.05) is 33.6 Å². The van der Waals surface area contributed by atoms with Crippen molar-refractivity contribution in [3.63, 3.8) is 0 Å². The summed E-state index contributed by atoms with van der Waals surface area (Å²) < 4.78 is 6.78. The largest absolute Gasteiger partial charge is 0.478 e. The third kappa shape index (κ3) is 4.34. The summed E-state index contributed by atoms with van der Waals surface area (Å²) in [7, 11) is 0. The molecular formula is C16H12BrClO3. The van der Waals surface area contributed by atoms with Crippen molar-refractivity contribution in [2.24, 2.45) is 0 Å². The molecule has 0 amide bonds. The van der Waals surface area contributed by atoms with Crippen LogP contribution in [0.15, 0.2) is 46.9 Å². The summed E-state index contributed by atoms with van der Waals surface area (Å²) in [5, 5.41) is 9.25. The highest BCUT2D eigenvalue weighted by atomic mass is 79.9. The van der Waals surface area contributed by atoms with Gasteiger partial charge in [-0.05, 0) is 48.9 Å². The van der Waals surface area contributed by atoms with Crippen LogP contribution in [0, 0.1) is 6.92 Å². The third-order valence-corrected chi connectivity index (χ3v) is 3.48. The number of benzene rings is 2. The fourth-order valence-corrected chi connectivity index (χ4v) is 2.23. The predicted octanol–water partition coefficient (Wildman–Crippen LogP) is 5.30. The number of aryl methyl sites for hydroxylation is 1. The van der Waals surface area contributed by atoms with E-state index in [9.17, 15) is 4.79 Å². The number of ether oxygens (including phenoxy) is 1. The van der Waals surface area contributed by atoms with Gasteiger partial charge in [0.05, 0.1) is 0 Å². The predicted molar refractivity (Wildman–Crippen MR) is 87.1 cm³/mol. The number of hydrogen-bond donors (Lipinski definition) is 1. The molecule has 0 saturated carbocycles. The number of hydrogen-bond acceptors (Lipinski definition) is 2. The summed E-state index contributed by atoms with van der Waals surface area (Å²) >= 11 is 9.34. The Morgan fingerprint density at radius 2 is 2.00 bits per heavy atom. The summed E-state index contributed by atoms with van der Waals surface area (Å²) in [5.74, 6) is 0.203. The standard InChI is InChI=1S/C16H12BrClO3/c1-10-2-4-12(17)9-15(10)21-14-6-5-13(18)8-11(14)3-7-16(19)20/h2-9H,1H3,(H,19,20)/b7-3+. The van der Waals surface area contributed by atoms with Gasteiger partial charge in [0.15, 0.2) is 0 Å². The van der Waals surface area contributed by atoms with E-state index in [1.54, 1.807) is 18.2 Å². The van der Waals surface area contributed by atoms with Crippen LogP contribution in [0.3, 0.4) is 0 Å². The van der Waals surface area contributed by atoms with E-state index >= 15 is 0 Å². The first-order chi connectivity index (χ1) is 9.95. The Hall–Kier alpha value is -1.78. The normalized spacial score (nSPS) is 10.8. The molecule has 0 aliphatic carbocycles. The van der Waals surface area contributed by atoms with Crippen LogP contribution in [-0.4, -0.2) is 11.1 Å². The average Bonchev–Trinajstić information content (AvgIpc) is 2.43. The molecule has 21 heavy (non-hydrogen) atoms. The van der Waals surface area contributed by atoms with Crippen LogP contribution in [0.25, 0.3) is 6.08 Å². The Labute approximate surface area is 135 Å². The van der Waals surface area contributed by atoms with Crippen molar-refractivity contribution in [2.45, 2.75) is 6.92 Å². The van der Waals surface area contributed by atoms with Crippen molar-refractivity contribution in [2.75, 3.05) is 0 Å². The smallest absolute Gasteiger partial charge is 0.328 e. The SMILES string of the molecule is Cc1ccc(Br)cc1Oc1ccc(Cl)cc1/C=C/C(=O)O. The molecule has 0 heterocycles. The average molecular weight is 368 g/mol. The topological polar surface area (TPSA) is 46.5 Å². The summed E-state index contributed by atoms with van der Waals surface area (Å²) in [6.45, 7) is 1.93. The first-order valence-corrected chi connectivity index (χ1v) is 7.27. The van der Waals surface area contributed by atoms with Crippen LogP contribution in [0.2, 0.25) is 5.02 Å². The van der Waals surface area contributed by atoms with Crippen LogP contribution < -0.4 is 4.74 Å². The molecule has 2 rings (SSSR count). The molecule has 108 valence electrons. The molecule has 0 aliphatic rings. The van der Waals surface area contributed by atoms with Crippen molar-refractivity contribution in [1.29, 1.82) is 0 Å². The van der Waals surface area contributed by atoms with Gasteiger partial charge in [-0.25, -0.2) is 4.79 Å². The van der Waals surface area contributed by atoms with E-state index in [4.69, 9.17) is 21.4 Å². The molecule has 5 heteroatoms. The number of carbonyl (C=O) groups is 1. The Bertz CT molecular complexity index is 711. The molecule has 0 aliphatic heterocycles. The van der Waals surface area contributed by atoms with Crippen molar-refractivity contribution >= 4 is 39.6 Å². The maximum absolute atomic E-state index is 10.7. The second-order valence-corrected chi connectivity index (χ2v) is 5.72. The second kappa shape index (κ2) is 6.78. The number of carboxylic acid groups (broad SMARTS) is 1. The maximum atomic E-state index is 10.7. The number of carboxylic acids is 1. The first-order valence-electron chi connectivity index (χ1n) is 6.10. The van der Waals surface area contributed by atoms with Gasteiger partial charge in [-0.15, -0.1) is 0 Å². The van der Waals surface area contributed by atoms with Gasteiger partial charge in [0.25, 0.3) is 0 Å². The summed E-state index contributed by atoms with van der Waals surface area (Å²) in [6, 6.07) is 10.8. The van der Waals surface area contributed by atoms with E-state index < -0.39 is 5.97 Å². The summed E-state index contributed by atoms with van der Waals surface area (Å²) in [5.41, 5.74) is 1.57. The molecule has 0 aromatic heterocycles. The molecule has 0 unspecified atom stereocenters. The fraction of sp³-hybridized carbons (Fsp3) is 0.0625. The van der Waals surface area contributed by atoms with Crippen LogP contribution in [0.5, 0.6) is 11.5 Å². The molecule has 0 saturated heterocycles. The monoisotopic (exact) mass is 366 g/mol. The van der Waals surface area contributed by atoms with E-state index in [1.165, 1.54) is 6.08 Å². The molecule has 0 radical (unpaired) electrons. The fourth-order valence-electron chi connectivity index (χ4n) is 1.71. The zero-order chi connectivity index (χ0) is 15.4. The van der Waals surface area contributed by atoms with Gasteiger partial charge in [-0.2, -0.15) is 0 Å². The lowest BCUT2D eigenvalue weighted by Crippen LogP contribution is -1.91. The van der Waals surface area contributed by atoms with Gasteiger partial charge in [-0.3, -0.25) is 0 Å². The van der Waals surface area contributed by atoms with Crippen LogP contribution in [0.4, 0.5) is 0 Å². The van der Waals surface area contributed by atoms with Crippen molar-refractivity contribution in [3.8, 4) is 11.5 Å². The zero-order valence-electron chi connectivity index (χ0n) is 11.1. The Kier molecular flexibility index (Phi) is 5.04. The summed E-state index contributed by atoms with van der Waals surface area (Å²) in [6.07, 6.45) is 2.50. The molecule has 2 aromatic rings. The molecular weight excluding hydrogens is 356 g/mol. The van der Waals surface area contributed by atoms with Crippen LogP contribution in [0.1, 0.15) is 11.1 Å². The van der Waals surface area contributed by atoms with Crippen LogP contribution in [-0.2, 0) is 4.79 Å². The summed E-state index contributed by atoms with van der Waals surface area (Å²) in [4.78, 5) is 10.7. The van der Waals surface area contributed by atoms with Gasteiger partial charge in [0, 0.05) is 21.1 Å². The van der Waals surface area contributed by atoms with Gasteiger partial charge in [0.2, 0.25) is 0 Å². The quantitative estimate of drug-likeness (QED) is 0.746. The van der Waals surface area contributed by atoms with Gasteiger partial charge < -0.3 is 9.84 Å². The highest BCUT2D eigenvalue weighted by molar-refractivity contribution is 9.10. The lowest BCUT2D eigenvalue weighted by Gasteiger charge is -2.12. The number of halogens is 2. The van der Waals surface area contributed by atoms with Crippen molar-refractivity contribution in [3.05, 3.63) is 63.1 Å². The number of rotatable bonds is 4. The van der Waals surface area contributed by atoms with E-state index in [-0.39, 0.29) is 0 Å².